The topological polar surface area (TPSA) is 55.8 Å². The van der Waals surface area contributed by atoms with Crippen LogP contribution in [0.15, 0.2) is 97.1 Å². The van der Waals surface area contributed by atoms with Gasteiger partial charge in [-0.1, -0.05) is 91.0 Å². The second kappa shape index (κ2) is 10.2. The summed E-state index contributed by atoms with van der Waals surface area (Å²) in [6.45, 7) is 2.52. The van der Waals surface area contributed by atoms with E-state index in [-0.39, 0.29) is 24.5 Å². The largest absolute Gasteiger partial charge is 0.478 e. The highest BCUT2D eigenvalue weighted by Gasteiger charge is 2.55. The van der Waals surface area contributed by atoms with Crippen molar-refractivity contribution in [3.63, 3.8) is 0 Å². The molecular weight excluding hydrogens is 438 g/mol. The summed E-state index contributed by atoms with van der Waals surface area (Å²) in [5.41, 5.74) is 3.01. The highest BCUT2D eigenvalue weighted by Crippen LogP contribution is 2.44. The predicted molar refractivity (Wildman–Crippen MR) is 134 cm³/mol. The number of amides is 1. The molecule has 5 nitrogen and oxygen atoms in total. The number of carbonyl (C=O) groups excluding carboxylic acids is 2. The average molecular weight is 468 g/mol. The van der Waals surface area contributed by atoms with Crippen molar-refractivity contribution in [2.24, 2.45) is 11.8 Å². The second-order valence-corrected chi connectivity index (χ2v) is 9.00. The van der Waals surface area contributed by atoms with Gasteiger partial charge in [0.25, 0.3) is 0 Å². The maximum Gasteiger partial charge on any atom is 0.347 e. The third kappa shape index (κ3) is 4.72. The molecule has 1 amide bonds. The number of ether oxygens (including phenoxy) is 2. The zero-order valence-electron chi connectivity index (χ0n) is 19.7. The van der Waals surface area contributed by atoms with Crippen molar-refractivity contribution in [1.82, 2.24) is 4.90 Å². The molecule has 0 N–H and O–H groups in total. The number of carbonyl (C=O) groups is 2. The SMILES string of the molecule is CCOC(=O)[C@H]1OC(c2ccccc2)=C[C@H]2C(=O)N(Cc3ccccc3)[C@@H](Cc3ccccc3)[C@H]12. The zero-order chi connectivity index (χ0) is 24.2. The standard InChI is InChI=1S/C30H29NO4/c1-2-34-30(33)28-27-24(19-26(35-28)23-16-10-5-11-17-23)29(32)31(20-22-14-8-4-9-15-22)25(27)18-21-12-6-3-7-13-21/h3-17,19,24-25,27-28H,2,18,20H2,1H3/t24-,25+,27-,28+/m1/s1. The Balaban J connectivity index is 1.57. The van der Waals surface area contributed by atoms with Gasteiger partial charge in [-0.05, 0) is 30.5 Å². The number of esters is 1. The molecule has 2 aliphatic rings. The van der Waals surface area contributed by atoms with Crippen molar-refractivity contribution >= 4 is 17.6 Å². The minimum Gasteiger partial charge on any atom is -0.478 e. The van der Waals surface area contributed by atoms with Crippen LogP contribution >= 0.6 is 0 Å². The smallest absolute Gasteiger partial charge is 0.347 e. The molecule has 3 aromatic rings. The van der Waals surface area contributed by atoms with Crippen molar-refractivity contribution in [2.45, 2.75) is 32.0 Å². The first-order valence-electron chi connectivity index (χ1n) is 12.1. The van der Waals surface area contributed by atoms with E-state index in [1.807, 2.05) is 89.8 Å². The Bertz CT molecular complexity index is 1190. The molecular formula is C30H29NO4. The fraction of sp³-hybridized carbons (Fsp3) is 0.267. The van der Waals surface area contributed by atoms with Gasteiger partial charge in [-0.15, -0.1) is 0 Å². The Hall–Kier alpha value is -3.86. The fourth-order valence-electron chi connectivity index (χ4n) is 5.23. The van der Waals surface area contributed by atoms with E-state index in [0.717, 1.165) is 16.7 Å². The van der Waals surface area contributed by atoms with Gasteiger partial charge in [0.2, 0.25) is 12.0 Å². The van der Waals surface area contributed by atoms with Crippen LogP contribution < -0.4 is 0 Å². The quantitative estimate of drug-likeness (QED) is 0.465. The molecule has 1 saturated heterocycles. The lowest BCUT2D eigenvalue weighted by molar-refractivity contribution is -0.157. The minimum atomic E-state index is -0.862. The third-order valence-corrected chi connectivity index (χ3v) is 6.82. The van der Waals surface area contributed by atoms with Gasteiger partial charge in [0.15, 0.2) is 0 Å². The molecule has 5 heteroatoms. The lowest BCUT2D eigenvalue weighted by atomic mass is 9.80. The Morgan fingerprint density at radius 3 is 2.11 bits per heavy atom. The summed E-state index contributed by atoms with van der Waals surface area (Å²) in [4.78, 5) is 29.0. The van der Waals surface area contributed by atoms with Crippen LogP contribution in [-0.2, 0) is 32.0 Å². The molecule has 0 bridgehead atoms. The molecule has 0 aromatic heterocycles. The van der Waals surface area contributed by atoms with Crippen LogP contribution in [0.2, 0.25) is 0 Å². The Morgan fingerprint density at radius 1 is 0.886 bits per heavy atom. The molecule has 0 aliphatic carbocycles. The van der Waals surface area contributed by atoms with Crippen molar-refractivity contribution in [3.8, 4) is 0 Å². The van der Waals surface area contributed by atoms with E-state index < -0.39 is 18.0 Å². The summed E-state index contributed by atoms with van der Waals surface area (Å²) < 4.78 is 11.8. The van der Waals surface area contributed by atoms with Gasteiger partial charge >= 0.3 is 5.97 Å². The van der Waals surface area contributed by atoms with Gasteiger partial charge in [-0.3, -0.25) is 4.79 Å². The van der Waals surface area contributed by atoms with Crippen LogP contribution in [0.5, 0.6) is 0 Å². The number of hydrogen-bond acceptors (Lipinski definition) is 4. The molecule has 2 aliphatic heterocycles. The van der Waals surface area contributed by atoms with Gasteiger partial charge in [0.1, 0.15) is 5.76 Å². The molecule has 0 saturated carbocycles. The van der Waals surface area contributed by atoms with Crippen molar-refractivity contribution in [1.29, 1.82) is 0 Å². The van der Waals surface area contributed by atoms with Crippen molar-refractivity contribution in [2.75, 3.05) is 6.61 Å². The fourth-order valence-corrected chi connectivity index (χ4v) is 5.23. The monoisotopic (exact) mass is 467 g/mol. The molecule has 5 rings (SSSR count). The lowest BCUT2D eigenvalue weighted by Crippen LogP contribution is -2.45. The number of rotatable bonds is 7. The van der Waals surface area contributed by atoms with Crippen LogP contribution in [0.4, 0.5) is 0 Å². The summed E-state index contributed by atoms with van der Waals surface area (Å²) in [7, 11) is 0. The molecule has 0 unspecified atom stereocenters. The third-order valence-electron chi connectivity index (χ3n) is 6.82. The van der Waals surface area contributed by atoms with Crippen LogP contribution in [0, 0.1) is 11.8 Å². The minimum absolute atomic E-state index is 0.0193. The molecule has 178 valence electrons. The van der Waals surface area contributed by atoms with Gasteiger partial charge in [0, 0.05) is 24.1 Å². The van der Waals surface area contributed by atoms with Gasteiger partial charge in [-0.2, -0.15) is 0 Å². The molecule has 35 heavy (non-hydrogen) atoms. The highest BCUT2D eigenvalue weighted by molar-refractivity contribution is 5.89. The van der Waals surface area contributed by atoms with E-state index in [2.05, 4.69) is 12.1 Å². The maximum absolute atomic E-state index is 13.9. The Morgan fingerprint density at radius 2 is 1.49 bits per heavy atom. The second-order valence-electron chi connectivity index (χ2n) is 9.00. The van der Waals surface area contributed by atoms with Gasteiger partial charge < -0.3 is 14.4 Å². The maximum atomic E-state index is 13.9. The summed E-state index contributed by atoms with van der Waals surface area (Å²) >= 11 is 0. The normalized spacial score (nSPS) is 23.3. The van der Waals surface area contributed by atoms with Gasteiger partial charge in [-0.25, -0.2) is 4.79 Å². The lowest BCUT2D eigenvalue weighted by Gasteiger charge is -2.35. The molecule has 0 radical (unpaired) electrons. The van der Waals surface area contributed by atoms with E-state index in [1.165, 1.54) is 0 Å². The van der Waals surface area contributed by atoms with E-state index in [1.54, 1.807) is 6.92 Å². The molecule has 2 heterocycles. The first-order chi connectivity index (χ1) is 17.2. The Kier molecular flexibility index (Phi) is 6.66. The number of benzene rings is 3. The van der Waals surface area contributed by atoms with E-state index in [4.69, 9.17) is 9.47 Å². The number of hydrogen-bond donors (Lipinski definition) is 0. The summed E-state index contributed by atoms with van der Waals surface area (Å²) in [6.07, 6.45) is 1.67. The van der Waals surface area contributed by atoms with Crippen molar-refractivity contribution < 1.29 is 19.1 Å². The molecule has 0 spiro atoms. The summed E-state index contributed by atoms with van der Waals surface area (Å²) in [5, 5.41) is 0. The van der Waals surface area contributed by atoms with Gasteiger partial charge in [0.05, 0.1) is 12.5 Å². The van der Waals surface area contributed by atoms with Crippen LogP contribution in [0.1, 0.15) is 23.6 Å². The Labute approximate surface area is 206 Å². The van der Waals surface area contributed by atoms with E-state index in [0.29, 0.717) is 18.7 Å². The number of likely N-dealkylation sites (tertiary alicyclic amines) is 1. The first kappa shape index (κ1) is 22.9. The van der Waals surface area contributed by atoms with Crippen molar-refractivity contribution in [3.05, 3.63) is 114 Å². The number of nitrogens with zero attached hydrogens (tertiary/aromatic N) is 1. The van der Waals surface area contributed by atoms with E-state index >= 15 is 0 Å². The number of fused-ring (bicyclic) bond motifs is 1. The van der Waals surface area contributed by atoms with Crippen LogP contribution in [-0.4, -0.2) is 35.5 Å². The van der Waals surface area contributed by atoms with E-state index in [9.17, 15) is 9.59 Å². The summed E-state index contributed by atoms with van der Waals surface area (Å²) in [6, 6.07) is 29.5. The van der Waals surface area contributed by atoms with Crippen LogP contribution in [0.25, 0.3) is 5.76 Å². The molecule has 3 aromatic carbocycles. The first-order valence-corrected chi connectivity index (χ1v) is 12.1. The predicted octanol–water partition coefficient (Wildman–Crippen LogP) is 4.88. The molecule has 4 atom stereocenters. The molecule has 1 fully saturated rings. The van der Waals surface area contributed by atoms with Crippen LogP contribution in [0.3, 0.4) is 0 Å². The highest BCUT2D eigenvalue weighted by atomic mass is 16.6. The summed E-state index contributed by atoms with van der Waals surface area (Å²) in [5.74, 6) is -0.663. The zero-order valence-corrected chi connectivity index (χ0v) is 19.7. The average Bonchev–Trinajstić information content (AvgIpc) is 3.16.